The molecule has 0 unspecified atom stereocenters. The van der Waals surface area contributed by atoms with Gasteiger partial charge in [0, 0.05) is 22.8 Å². The third kappa shape index (κ3) is 7.30. The van der Waals surface area contributed by atoms with Crippen LogP contribution in [0.2, 0.25) is 5.02 Å². The highest BCUT2D eigenvalue weighted by Crippen LogP contribution is 2.34. The van der Waals surface area contributed by atoms with Crippen LogP contribution in [0.25, 0.3) is 6.08 Å². The molecule has 0 bridgehead atoms. The van der Waals surface area contributed by atoms with E-state index in [0.717, 1.165) is 16.7 Å². The predicted molar refractivity (Wildman–Crippen MR) is 150 cm³/mol. The Morgan fingerprint density at radius 2 is 1.85 bits per heavy atom. The lowest BCUT2D eigenvalue weighted by Crippen LogP contribution is -2.32. The molecule has 11 nitrogen and oxygen atoms in total. The number of anilines is 1. The van der Waals surface area contributed by atoms with Gasteiger partial charge in [0.25, 0.3) is 22.7 Å². The second-order valence-electron chi connectivity index (χ2n) is 8.19. The molecule has 13 heteroatoms. The number of nitro benzene ring substituents is 1. The topological polar surface area (TPSA) is 137 Å². The number of nitrogens with zero attached hydrogens (tertiary/aromatic N) is 2. The van der Waals surface area contributed by atoms with Crippen LogP contribution in [0, 0.1) is 10.1 Å². The highest BCUT2D eigenvalue weighted by molar-refractivity contribution is 8.18. The van der Waals surface area contributed by atoms with Gasteiger partial charge in [-0.2, -0.15) is 0 Å². The van der Waals surface area contributed by atoms with Crippen LogP contribution in [0.5, 0.6) is 17.2 Å². The summed E-state index contributed by atoms with van der Waals surface area (Å²) in [6.45, 7) is -0.171. The van der Waals surface area contributed by atoms with Gasteiger partial charge in [-0.1, -0.05) is 23.7 Å². The fourth-order valence-corrected chi connectivity index (χ4v) is 4.55. The number of nitrogens with one attached hydrogen (secondary N) is 1. The van der Waals surface area contributed by atoms with Crippen LogP contribution in [-0.2, 0) is 9.59 Å². The van der Waals surface area contributed by atoms with Crippen molar-refractivity contribution in [3.05, 3.63) is 92.3 Å². The van der Waals surface area contributed by atoms with Crippen molar-refractivity contribution < 1.29 is 33.5 Å². The summed E-state index contributed by atoms with van der Waals surface area (Å²) in [6, 6.07) is 17.1. The number of rotatable bonds is 11. The Balaban J connectivity index is 1.34. The highest BCUT2D eigenvalue weighted by atomic mass is 35.5. The molecule has 0 saturated carbocycles. The van der Waals surface area contributed by atoms with Gasteiger partial charge in [0.1, 0.15) is 12.4 Å². The van der Waals surface area contributed by atoms with Crippen molar-refractivity contribution in [1.82, 2.24) is 4.90 Å². The fraction of sp³-hybridized carbons (Fsp3) is 0.148. The van der Waals surface area contributed by atoms with Crippen molar-refractivity contribution in [1.29, 1.82) is 0 Å². The molecule has 1 N–H and O–H groups in total. The van der Waals surface area contributed by atoms with Gasteiger partial charge in [0.05, 0.1) is 23.5 Å². The first-order valence-corrected chi connectivity index (χ1v) is 12.9. The normalized spacial score (nSPS) is 13.8. The zero-order chi connectivity index (χ0) is 28.6. The number of methoxy groups -OCH3 is 1. The Hall–Kier alpha value is -4.55. The van der Waals surface area contributed by atoms with Crippen molar-refractivity contribution in [3.8, 4) is 17.2 Å². The third-order valence-electron chi connectivity index (χ3n) is 5.46. The molecule has 1 heterocycles. The number of carbonyl (C=O) groups excluding carboxylic acids is 3. The average Bonchev–Trinajstić information content (AvgIpc) is 3.20. The first-order valence-electron chi connectivity index (χ1n) is 11.7. The minimum absolute atomic E-state index is 0.0825. The molecule has 3 aromatic rings. The maximum atomic E-state index is 12.8. The average molecular weight is 584 g/mol. The smallest absolute Gasteiger partial charge is 0.293 e. The van der Waals surface area contributed by atoms with Gasteiger partial charge in [0.15, 0.2) is 18.1 Å². The number of carbonyl (C=O) groups is 3. The third-order valence-corrected chi connectivity index (χ3v) is 6.62. The SMILES string of the molecule is COc1cc(/C=C2\SC(=O)N(CCOc3ccc(Cl)cc3)C2=O)ccc1OCC(=O)Nc1cccc([N+](=O)[O-])c1. The Morgan fingerprint density at radius 3 is 2.58 bits per heavy atom. The minimum Gasteiger partial charge on any atom is -0.493 e. The van der Waals surface area contributed by atoms with Crippen molar-refractivity contribution >= 4 is 57.9 Å². The molecule has 3 aromatic carbocycles. The largest absolute Gasteiger partial charge is 0.493 e. The van der Waals surface area contributed by atoms with Crippen LogP contribution >= 0.6 is 23.4 Å². The Morgan fingerprint density at radius 1 is 1.07 bits per heavy atom. The number of hydrogen-bond donors (Lipinski definition) is 1. The lowest BCUT2D eigenvalue weighted by atomic mass is 10.2. The molecule has 1 aliphatic heterocycles. The molecule has 1 saturated heterocycles. The van der Waals surface area contributed by atoms with Gasteiger partial charge in [-0.3, -0.25) is 29.4 Å². The highest BCUT2D eigenvalue weighted by Gasteiger charge is 2.34. The lowest BCUT2D eigenvalue weighted by Gasteiger charge is -2.13. The van der Waals surface area contributed by atoms with Gasteiger partial charge in [0.2, 0.25) is 0 Å². The summed E-state index contributed by atoms with van der Waals surface area (Å²) in [5, 5.41) is 13.6. The molecule has 0 radical (unpaired) electrons. The number of thioether (sulfide) groups is 1. The van der Waals surface area contributed by atoms with E-state index in [4.69, 9.17) is 25.8 Å². The predicted octanol–water partition coefficient (Wildman–Crippen LogP) is 5.39. The van der Waals surface area contributed by atoms with Crippen molar-refractivity contribution in [3.63, 3.8) is 0 Å². The number of nitro groups is 1. The second-order valence-corrected chi connectivity index (χ2v) is 9.62. The molecule has 3 amide bonds. The standard InChI is InChI=1S/C27H22ClN3O8S/c1-37-23-13-17(5-10-22(23)39-16-25(32)29-19-3-2-4-20(15-19)31(35)36)14-24-26(33)30(27(34)40-24)11-12-38-21-8-6-18(28)7-9-21/h2-10,13-15H,11-12,16H2,1H3,(H,29,32)/b24-14-. The summed E-state index contributed by atoms with van der Waals surface area (Å²) in [4.78, 5) is 49.2. The Bertz CT molecular complexity index is 1480. The van der Waals surface area contributed by atoms with E-state index in [1.54, 1.807) is 48.5 Å². The van der Waals surface area contributed by atoms with Gasteiger partial charge in [-0.25, -0.2) is 0 Å². The summed E-state index contributed by atoms with van der Waals surface area (Å²) in [5.41, 5.74) is 0.684. The lowest BCUT2D eigenvalue weighted by molar-refractivity contribution is -0.384. The summed E-state index contributed by atoms with van der Waals surface area (Å²) in [5.74, 6) is 0.170. The van der Waals surface area contributed by atoms with Crippen LogP contribution in [0.3, 0.4) is 0 Å². The number of halogens is 1. The monoisotopic (exact) mass is 583 g/mol. The number of imide groups is 1. The number of non-ortho nitro benzene ring substituents is 1. The van der Waals surface area contributed by atoms with E-state index in [-0.39, 0.29) is 41.8 Å². The zero-order valence-corrected chi connectivity index (χ0v) is 22.6. The van der Waals surface area contributed by atoms with Gasteiger partial charge < -0.3 is 19.5 Å². The Labute approximate surface area is 237 Å². The summed E-state index contributed by atoms with van der Waals surface area (Å²) in [6.07, 6.45) is 1.56. The number of ether oxygens (including phenoxy) is 3. The molecule has 1 fully saturated rings. The van der Waals surface area contributed by atoms with Crippen LogP contribution in [0.15, 0.2) is 71.6 Å². The molecular formula is C27H22ClN3O8S. The molecule has 1 aliphatic rings. The second kappa shape index (κ2) is 13.0. The zero-order valence-electron chi connectivity index (χ0n) is 21.0. The van der Waals surface area contributed by atoms with E-state index in [1.165, 1.54) is 31.4 Å². The summed E-state index contributed by atoms with van der Waals surface area (Å²) >= 11 is 6.67. The molecule has 206 valence electrons. The molecule has 4 rings (SSSR count). The maximum absolute atomic E-state index is 12.8. The van der Waals surface area contributed by atoms with E-state index in [9.17, 15) is 24.5 Å². The van der Waals surface area contributed by atoms with E-state index in [0.29, 0.717) is 22.1 Å². The molecular weight excluding hydrogens is 562 g/mol. The van der Waals surface area contributed by atoms with Crippen molar-refractivity contribution in [2.24, 2.45) is 0 Å². The van der Waals surface area contributed by atoms with Gasteiger partial charge in [-0.05, 0) is 65.9 Å². The van der Waals surface area contributed by atoms with Crippen LogP contribution in [0.4, 0.5) is 16.2 Å². The molecule has 0 aromatic heterocycles. The minimum atomic E-state index is -0.559. The van der Waals surface area contributed by atoms with E-state index in [2.05, 4.69) is 5.32 Å². The van der Waals surface area contributed by atoms with Crippen molar-refractivity contribution in [2.75, 3.05) is 32.2 Å². The van der Waals surface area contributed by atoms with Gasteiger partial charge in [-0.15, -0.1) is 0 Å². The summed E-state index contributed by atoms with van der Waals surface area (Å²) < 4.78 is 16.5. The van der Waals surface area contributed by atoms with Crippen molar-refractivity contribution in [2.45, 2.75) is 0 Å². The fourth-order valence-electron chi connectivity index (χ4n) is 3.56. The number of amides is 3. The maximum Gasteiger partial charge on any atom is 0.293 e. The number of benzene rings is 3. The van der Waals surface area contributed by atoms with Crippen LogP contribution in [-0.4, -0.2) is 53.7 Å². The first-order chi connectivity index (χ1) is 19.2. The molecule has 0 atom stereocenters. The van der Waals surface area contributed by atoms with Crippen LogP contribution < -0.4 is 19.5 Å². The summed E-state index contributed by atoms with van der Waals surface area (Å²) in [7, 11) is 1.42. The molecule has 40 heavy (non-hydrogen) atoms. The Kier molecular flexibility index (Phi) is 9.25. The van der Waals surface area contributed by atoms with Crippen LogP contribution in [0.1, 0.15) is 5.56 Å². The van der Waals surface area contributed by atoms with E-state index >= 15 is 0 Å². The van der Waals surface area contributed by atoms with Gasteiger partial charge >= 0.3 is 0 Å². The van der Waals surface area contributed by atoms with E-state index in [1.807, 2.05) is 0 Å². The number of hydrogen-bond acceptors (Lipinski definition) is 9. The molecule has 0 spiro atoms. The van der Waals surface area contributed by atoms with E-state index < -0.39 is 22.0 Å². The quantitative estimate of drug-likeness (QED) is 0.179. The molecule has 0 aliphatic carbocycles. The first kappa shape index (κ1) is 28.5.